The van der Waals surface area contributed by atoms with Crippen molar-refractivity contribution in [2.75, 3.05) is 18.9 Å². The van der Waals surface area contributed by atoms with Gasteiger partial charge in [0.25, 0.3) is 0 Å². The summed E-state index contributed by atoms with van der Waals surface area (Å²) in [5.41, 5.74) is 4.69. The number of hydrogen-bond donors (Lipinski definition) is 1. The second-order valence-electron chi connectivity index (χ2n) is 7.79. The Labute approximate surface area is 183 Å². The molecule has 0 saturated carbocycles. The molecule has 7 heteroatoms. The smallest absolute Gasteiger partial charge is 0.312 e. The van der Waals surface area contributed by atoms with Crippen molar-refractivity contribution in [1.82, 2.24) is 14.4 Å². The van der Waals surface area contributed by atoms with Gasteiger partial charge in [-0.15, -0.1) is 11.3 Å². The highest BCUT2D eigenvalue weighted by Gasteiger charge is 2.33. The third-order valence-electron chi connectivity index (χ3n) is 5.94. The van der Waals surface area contributed by atoms with E-state index in [2.05, 4.69) is 63.0 Å². The largest absolute Gasteiger partial charge is 0.322 e. The third-order valence-corrected chi connectivity index (χ3v) is 7.89. The molecule has 0 radical (unpaired) electrons. The van der Waals surface area contributed by atoms with E-state index in [9.17, 15) is 4.79 Å². The molecule has 5 rings (SSSR count). The number of amides is 2. The molecule has 2 aliphatic heterocycles. The van der Waals surface area contributed by atoms with Crippen molar-refractivity contribution in [3.8, 4) is 5.00 Å². The van der Waals surface area contributed by atoms with Gasteiger partial charge in [0, 0.05) is 39.9 Å². The molecule has 0 aliphatic carbocycles. The van der Waals surface area contributed by atoms with E-state index >= 15 is 0 Å². The van der Waals surface area contributed by atoms with Gasteiger partial charge in [-0.2, -0.15) is 0 Å². The lowest BCUT2D eigenvalue weighted by atomic mass is 10.0. The van der Waals surface area contributed by atoms with Crippen molar-refractivity contribution in [3.63, 3.8) is 0 Å². The van der Waals surface area contributed by atoms with Crippen LogP contribution in [0, 0.1) is 0 Å². The maximum absolute atomic E-state index is 13.3. The number of nitrogens with one attached hydrogen (secondary N) is 1. The number of halogens is 1. The summed E-state index contributed by atoms with van der Waals surface area (Å²) >= 11 is 5.41. The zero-order chi connectivity index (χ0) is 20.1. The normalized spacial score (nSPS) is 18.6. The maximum Gasteiger partial charge on any atom is 0.322 e. The van der Waals surface area contributed by atoms with Gasteiger partial charge in [0.1, 0.15) is 5.00 Å². The quantitative estimate of drug-likeness (QED) is 0.517. The van der Waals surface area contributed by atoms with Crippen LogP contribution in [0.5, 0.6) is 0 Å². The van der Waals surface area contributed by atoms with Crippen molar-refractivity contribution in [1.29, 1.82) is 0 Å². The van der Waals surface area contributed by atoms with E-state index in [-0.39, 0.29) is 12.1 Å². The van der Waals surface area contributed by atoms with Crippen molar-refractivity contribution in [3.05, 3.63) is 68.8 Å². The highest BCUT2D eigenvalue weighted by Crippen LogP contribution is 2.41. The van der Waals surface area contributed by atoms with Crippen LogP contribution in [-0.4, -0.2) is 34.0 Å². The predicted molar refractivity (Wildman–Crippen MR) is 121 cm³/mol. The summed E-state index contributed by atoms with van der Waals surface area (Å²) in [6, 6.07) is 11.9. The first-order valence-electron chi connectivity index (χ1n) is 9.84. The van der Waals surface area contributed by atoms with Crippen molar-refractivity contribution >= 4 is 39.0 Å². The van der Waals surface area contributed by atoms with E-state index in [4.69, 9.17) is 0 Å². The average molecular weight is 471 g/mol. The topological polar surface area (TPSA) is 40.5 Å². The molecule has 29 heavy (non-hydrogen) atoms. The first-order valence-corrected chi connectivity index (χ1v) is 11.5. The Hall–Kier alpha value is -2.09. The lowest BCUT2D eigenvalue weighted by Gasteiger charge is -2.29. The van der Waals surface area contributed by atoms with Crippen LogP contribution in [0.1, 0.15) is 34.7 Å². The van der Waals surface area contributed by atoms with E-state index in [0.29, 0.717) is 6.54 Å². The molecule has 2 aromatic heterocycles. The second kappa shape index (κ2) is 7.31. The summed E-state index contributed by atoms with van der Waals surface area (Å²) in [6.07, 6.45) is 3.17. The Kier molecular flexibility index (Phi) is 4.76. The number of thiophene rings is 1. The molecule has 0 saturated heterocycles. The summed E-state index contributed by atoms with van der Waals surface area (Å²) in [7, 11) is 2.18. The van der Waals surface area contributed by atoms with Crippen LogP contribution >= 0.6 is 27.3 Å². The van der Waals surface area contributed by atoms with Gasteiger partial charge in [0.2, 0.25) is 0 Å². The monoisotopic (exact) mass is 470 g/mol. The van der Waals surface area contributed by atoms with Crippen LogP contribution in [0.25, 0.3) is 5.00 Å². The van der Waals surface area contributed by atoms with Crippen molar-refractivity contribution < 1.29 is 4.79 Å². The van der Waals surface area contributed by atoms with Crippen LogP contribution < -0.4 is 5.32 Å². The maximum atomic E-state index is 13.3. The SMILES string of the molecule is C[C@H]1c2cccn2-c2sc3c(c2CN1C(=O)Nc1ccccc1Br)CCN(C)C3. The molecule has 0 unspecified atom stereocenters. The molecule has 0 bridgehead atoms. The van der Waals surface area contributed by atoms with Crippen LogP contribution in [0.4, 0.5) is 10.5 Å². The number of urea groups is 1. The van der Waals surface area contributed by atoms with Gasteiger partial charge in [-0.3, -0.25) is 0 Å². The zero-order valence-corrected chi connectivity index (χ0v) is 18.9. The fourth-order valence-corrected chi connectivity index (χ4v) is 6.15. The molecule has 0 fully saturated rings. The molecule has 1 atom stereocenters. The highest BCUT2D eigenvalue weighted by molar-refractivity contribution is 9.10. The summed E-state index contributed by atoms with van der Waals surface area (Å²) in [5.74, 6) is 0. The standard InChI is InChI=1S/C22H23BrN4OS/c1-14-19-8-5-10-26(19)21-16(15-9-11-25(2)13-20(15)29-21)12-27(14)22(28)24-18-7-4-3-6-17(18)23/h3-8,10,14H,9,11-13H2,1-2H3,(H,24,28)/t14-/m0/s1. The molecule has 5 nitrogen and oxygen atoms in total. The number of likely N-dealkylation sites (N-methyl/N-ethyl adjacent to an activating group) is 1. The summed E-state index contributed by atoms with van der Waals surface area (Å²) in [5, 5.41) is 4.37. The molecule has 1 aromatic carbocycles. The Bertz CT molecular complexity index is 1090. The van der Waals surface area contributed by atoms with E-state index in [1.54, 1.807) is 0 Å². The van der Waals surface area contributed by atoms with Crippen molar-refractivity contribution in [2.45, 2.75) is 32.5 Å². The molecule has 150 valence electrons. The second-order valence-corrected chi connectivity index (χ2v) is 9.73. The lowest BCUT2D eigenvalue weighted by molar-refractivity contribution is 0.189. The lowest BCUT2D eigenvalue weighted by Crippen LogP contribution is -2.36. The van der Waals surface area contributed by atoms with Gasteiger partial charge < -0.3 is 19.7 Å². The number of fused-ring (bicyclic) bond motifs is 5. The minimum Gasteiger partial charge on any atom is -0.312 e. The van der Waals surface area contributed by atoms with Gasteiger partial charge in [-0.25, -0.2) is 4.79 Å². The molecule has 2 aliphatic rings. The Morgan fingerprint density at radius 3 is 2.83 bits per heavy atom. The number of rotatable bonds is 1. The number of benzene rings is 1. The van der Waals surface area contributed by atoms with Crippen molar-refractivity contribution in [2.24, 2.45) is 0 Å². The molecular weight excluding hydrogens is 448 g/mol. The summed E-state index contributed by atoms with van der Waals surface area (Å²) < 4.78 is 3.17. The number of nitrogens with zero attached hydrogens (tertiary/aromatic N) is 3. The van der Waals surface area contributed by atoms with Gasteiger partial charge in [0.05, 0.1) is 18.3 Å². The molecule has 3 aromatic rings. The average Bonchev–Trinajstić information content (AvgIpc) is 3.29. The number of aromatic nitrogens is 1. The first-order chi connectivity index (χ1) is 14.0. The van der Waals surface area contributed by atoms with Crippen LogP contribution in [0.15, 0.2) is 47.1 Å². The first kappa shape index (κ1) is 18.9. The highest BCUT2D eigenvalue weighted by atomic mass is 79.9. The van der Waals surface area contributed by atoms with Crippen LogP contribution in [0.3, 0.4) is 0 Å². The number of carbonyl (C=O) groups excluding carboxylic acids is 1. The zero-order valence-electron chi connectivity index (χ0n) is 16.5. The number of hydrogen-bond acceptors (Lipinski definition) is 3. The Morgan fingerprint density at radius 1 is 1.17 bits per heavy atom. The summed E-state index contributed by atoms with van der Waals surface area (Å²) in [4.78, 5) is 19.1. The predicted octanol–water partition coefficient (Wildman–Crippen LogP) is 5.40. The molecule has 2 amide bonds. The fraction of sp³-hybridized carbons (Fsp3) is 0.318. The molecular formula is C22H23BrN4OS. The van der Waals surface area contributed by atoms with Gasteiger partial charge in [0.15, 0.2) is 0 Å². The minimum atomic E-state index is -0.0714. The van der Waals surface area contributed by atoms with E-state index < -0.39 is 0 Å². The number of carbonyl (C=O) groups is 1. The molecule has 0 spiro atoms. The summed E-state index contributed by atoms with van der Waals surface area (Å²) in [6.45, 7) is 4.79. The third kappa shape index (κ3) is 3.21. The number of anilines is 1. The van der Waals surface area contributed by atoms with E-state index in [1.165, 1.54) is 21.0 Å². The Balaban J connectivity index is 1.56. The number of para-hydroxylation sites is 1. The molecule has 4 heterocycles. The van der Waals surface area contributed by atoms with Crippen LogP contribution in [0.2, 0.25) is 0 Å². The van der Waals surface area contributed by atoms with E-state index in [0.717, 1.165) is 35.4 Å². The van der Waals surface area contributed by atoms with Gasteiger partial charge in [-0.05, 0) is 66.2 Å². The van der Waals surface area contributed by atoms with Crippen LogP contribution in [-0.2, 0) is 19.5 Å². The van der Waals surface area contributed by atoms with E-state index in [1.807, 2.05) is 40.5 Å². The fourth-order valence-electron chi connectivity index (χ4n) is 4.32. The molecule has 1 N–H and O–H groups in total. The van der Waals surface area contributed by atoms with Gasteiger partial charge >= 0.3 is 6.03 Å². The van der Waals surface area contributed by atoms with Gasteiger partial charge in [-0.1, -0.05) is 12.1 Å². The Morgan fingerprint density at radius 2 is 2.00 bits per heavy atom. The minimum absolute atomic E-state index is 0.0194.